The number of rotatable bonds is 3. The highest BCUT2D eigenvalue weighted by atomic mass is 35.5. The van der Waals surface area contributed by atoms with E-state index in [9.17, 15) is 5.11 Å². The molecule has 0 fully saturated rings. The number of aryl methyl sites for hydroxylation is 1. The second-order valence-corrected chi connectivity index (χ2v) is 7.55. The SMILES string of the molecule is Cc1nn(C(C)c2nn(-c3ccccc3O)c3cc(Cl)ccc23)c2ncnc(N)c12. The van der Waals surface area contributed by atoms with Gasteiger partial charge in [-0.25, -0.2) is 19.3 Å². The van der Waals surface area contributed by atoms with Crippen molar-refractivity contribution in [2.24, 2.45) is 0 Å². The summed E-state index contributed by atoms with van der Waals surface area (Å²) < 4.78 is 3.50. The van der Waals surface area contributed by atoms with Crippen molar-refractivity contribution in [3.8, 4) is 11.4 Å². The summed E-state index contributed by atoms with van der Waals surface area (Å²) in [6, 6.07) is 12.4. The summed E-state index contributed by atoms with van der Waals surface area (Å²) in [5.74, 6) is 0.523. The largest absolute Gasteiger partial charge is 0.506 e. The van der Waals surface area contributed by atoms with Crippen molar-refractivity contribution in [2.75, 3.05) is 5.73 Å². The van der Waals surface area contributed by atoms with Crippen molar-refractivity contribution >= 4 is 39.4 Å². The Balaban J connectivity index is 1.76. The Hall–Kier alpha value is -3.65. The third kappa shape index (κ3) is 2.68. The van der Waals surface area contributed by atoms with Crippen LogP contribution in [0.2, 0.25) is 5.02 Å². The Morgan fingerprint density at radius 2 is 1.90 bits per heavy atom. The summed E-state index contributed by atoms with van der Waals surface area (Å²) in [5.41, 5.74) is 9.57. The number of aromatic nitrogens is 6. The molecule has 8 nitrogen and oxygen atoms in total. The van der Waals surface area contributed by atoms with Gasteiger partial charge >= 0.3 is 0 Å². The van der Waals surface area contributed by atoms with Gasteiger partial charge < -0.3 is 10.8 Å². The smallest absolute Gasteiger partial charge is 0.164 e. The molecule has 0 saturated heterocycles. The average molecular weight is 420 g/mol. The second-order valence-electron chi connectivity index (χ2n) is 7.11. The van der Waals surface area contributed by atoms with Crippen molar-refractivity contribution in [3.63, 3.8) is 0 Å². The van der Waals surface area contributed by atoms with Gasteiger partial charge in [-0.3, -0.25) is 0 Å². The fourth-order valence-corrected chi connectivity index (χ4v) is 3.97. The lowest BCUT2D eigenvalue weighted by Gasteiger charge is -2.11. The first kappa shape index (κ1) is 18.4. The van der Waals surface area contributed by atoms with Gasteiger partial charge in [-0.15, -0.1) is 0 Å². The minimum Gasteiger partial charge on any atom is -0.506 e. The van der Waals surface area contributed by atoms with Gasteiger partial charge in [-0.2, -0.15) is 10.2 Å². The molecule has 5 rings (SSSR count). The number of para-hydroxylation sites is 2. The van der Waals surface area contributed by atoms with E-state index in [-0.39, 0.29) is 11.8 Å². The Kier molecular flexibility index (Phi) is 4.11. The first-order valence-electron chi connectivity index (χ1n) is 9.37. The van der Waals surface area contributed by atoms with E-state index >= 15 is 0 Å². The van der Waals surface area contributed by atoms with Crippen LogP contribution in [0, 0.1) is 6.92 Å². The van der Waals surface area contributed by atoms with E-state index in [4.69, 9.17) is 22.4 Å². The molecule has 30 heavy (non-hydrogen) atoms. The van der Waals surface area contributed by atoms with Crippen LogP contribution in [-0.2, 0) is 0 Å². The zero-order chi connectivity index (χ0) is 21.0. The maximum Gasteiger partial charge on any atom is 0.164 e. The Bertz CT molecular complexity index is 1420. The molecule has 9 heteroatoms. The molecule has 3 N–H and O–H groups in total. The molecule has 1 unspecified atom stereocenters. The van der Waals surface area contributed by atoms with Crippen LogP contribution in [0.4, 0.5) is 5.82 Å². The van der Waals surface area contributed by atoms with Gasteiger partial charge in [0.05, 0.1) is 28.3 Å². The van der Waals surface area contributed by atoms with Crippen LogP contribution in [0.25, 0.3) is 27.6 Å². The minimum atomic E-state index is -0.258. The summed E-state index contributed by atoms with van der Waals surface area (Å²) in [6.07, 6.45) is 1.43. The van der Waals surface area contributed by atoms with E-state index in [1.165, 1.54) is 6.33 Å². The van der Waals surface area contributed by atoms with Crippen molar-refractivity contribution < 1.29 is 5.11 Å². The highest BCUT2D eigenvalue weighted by molar-refractivity contribution is 6.31. The molecule has 1 atom stereocenters. The Morgan fingerprint density at radius 3 is 2.70 bits per heavy atom. The standard InChI is InChI=1S/C21H18ClN7O/c1-11-18-20(23)24-10-25-21(18)28(26-11)12(2)19-14-8-7-13(22)9-16(14)29(27-19)15-5-3-4-6-17(15)30/h3-10,12,30H,1-2H3,(H2,23,24,25). The average Bonchev–Trinajstić information content (AvgIpc) is 3.26. The van der Waals surface area contributed by atoms with Crippen LogP contribution in [0.5, 0.6) is 5.75 Å². The highest BCUT2D eigenvalue weighted by Crippen LogP contribution is 2.34. The van der Waals surface area contributed by atoms with E-state index in [1.54, 1.807) is 27.6 Å². The number of phenols is 1. The lowest BCUT2D eigenvalue weighted by molar-refractivity contribution is 0.470. The van der Waals surface area contributed by atoms with Crippen LogP contribution in [0.1, 0.15) is 24.4 Å². The number of benzene rings is 2. The quantitative estimate of drug-likeness (QED) is 0.457. The predicted octanol–water partition coefficient (Wildman–Crippen LogP) is 4.02. The maximum atomic E-state index is 10.4. The number of nitrogen functional groups attached to an aromatic ring is 1. The zero-order valence-corrected chi connectivity index (χ0v) is 17.0. The number of phenolic OH excluding ortho intramolecular Hbond substituents is 1. The van der Waals surface area contributed by atoms with Crippen molar-refractivity contribution in [1.29, 1.82) is 0 Å². The number of anilines is 1. The van der Waals surface area contributed by atoms with Gasteiger partial charge in [-0.1, -0.05) is 23.7 Å². The molecule has 0 bridgehead atoms. The zero-order valence-electron chi connectivity index (χ0n) is 16.3. The van der Waals surface area contributed by atoms with Crippen molar-refractivity contribution in [1.82, 2.24) is 29.5 Å². The van der Waals surface area contributed by atoms with Gasteiger partial charge in [0, 0.05) is 10.4 Å². The first-order chi connectivity index (χ1) is 14.5. The number of hydrogen-bond donors (Lipinski definition) is 2. The Morgan fingerprint density at radius 1 is 1.10 bits per heavy atom. The third-order valence-corrected chi connectivity index (χ3v) is 5.47. The number of nitrogens with zero attached hydrogens (tertiary/aromatic N) is 6. The van der Waals surface area contributed by atoms with Gasteiger partial charge in [0.1, 0.15) is 23.6 Å². The number of hydrogen-bond acceptors (Lipinski definition) is 6. The number of nitrogens with two attached hydrogens (primary N) is 1. The fraction of sp³-hybridized carbons (Fsp3) is 0.143. The van der Waals surface area contributed by atoms with E-state index in [2.05, 4.69) is 15.1 Å². The normalized spacial score (nSPS) is 12.6. The van der Waals surface area contributed by atoms with Gasteiger partial charge in [0.25, 0.3) is 0 Å². The summed E-state index contributed by atoms with van der Waals surface area (Å²) in [7, 11) is 0. The molecule has 3 aromatic heterocycles. The molecule has 0 saturated carbocycles. The number of halogens is 1. The molecule has 3 heterocycles. The lowest BCUT2D eigenvalue weighted by atomic mass is 10.1. The van der Waals surface area contributed by atoms with Crippen molar-refractivity contribution in [2.45, 2.75) is 19.9 Å². The lowest BCUT2D eigenvalue weighted by Crippen LogP contribution is -2.11. The van der Waals surface area contributed by atoms with Gasteiger partial charge in [0.2, 0.25) is 0 Å². The molecule has 150 valence electrons. The van der Waals surface area contributed by atoms with Crippen molar-refractivity contribution in [3.05, 3.63) is 65.2 Å². The Labute approximate surface area is 176 Å². The molecule has 0 aliphatic heterocycles. The summed E-state index contributed by atoms with van der Waals surface area (Å²) in [5, 5.41) is 22.1. The molecule has 5 aromatic rings. The van der Waals surface area contributed by atoms with Crippen LogP contribution in [0.15, 0.2) is 48.8 Å². The molecular formula is C21H18ClN7O. The molecule has 0 aliphatic carbocycles. The summed E-state index contributed by atoms with van der Waals surface area (Å²) >= 11 is 6.27. The van der Waals surface area contributed by atoms with Gasteiger partial charge in [0.15, 0.2) is 5.65 Å². The predicted molar refractivity (Wildman–Crippen MR) is 116 cm³/mol. The van der Waals surface area contributed by atoms with E-state index in [0.717, 1.165) is 27.7 Å². The maximum absolute atomic E-state index is 10.4. The van der Waals surface area contributed by atoms with Crippen LogP contribution in [0.3, 0.4) is 0 Å². The van der Waals surface area contributed by atoms with Gasteiger partial charge in [-0.05, 0) is 44.2 Å². The summed E-state index contributed by atoms with van der Waals surface area (Å²) in [4.78, 5) is 8.47. The van der Waals surface area contributed by atoms with Crippen LogP contribution < -0.4 is 5.73 Å². The molecule has 2 aromatic carbocycles. The number of fused-ring (bicyclic) bond motifs is 2. The van der Waals surface area contributed by atoms with E-state index in [1.807, 2.05) is 38.1 Å². The summed E-state index contributed by atoms with van der Waals surface area (Å²) in [6.45, 7) is 3.87. The molecular weight excluding hydrogens is 402 g/mol. The first-order valence-corrected chi connectivity index (χ1v) is 9.75. The van der Waals surface area contributed by atoms with E-state index < -0.39 is 0 Å². The van der Waals surface area contributed by atoms with Crippen LogP contribution in [-0.4, -0.2) is 34.6 Å². The molecule has 0 radical (unpaired) electrons. The second kappa shape index (κ2) is 6.70. The molecule has 0 aliphatic rings. The fourth-order valence-electron chi connectivity index (χ4n) is 3.80. The number of aromatic hydroxyl groups is 1. The molecule has 0 spiro atoms. The van der Waals surface area contributed by atoms with Crippen LogP contribution >= 0.6 is 11.6 Å². The van der Waals surface area contributed by atoms with E-state index in [0.29, 0.717) is 22.2 Å². The highest BCUT2D eigenvalue weighted by Gasteiger charge is 2.23. The molecule has 0 amide bonds. The third-order valence-electron chi connectivity index (χ3n) is 5.24. The topological polar surface area (TPSA) is 108 Å². The minimum absolute atomic E-state index is 0.127. The monoisotopic (exact) mass is 419 g/mol.